The van der Waals surface area contributed by atoms with Crippen molar-refractivity contribution >= 4 is 5.91 Å². The molecule has 0 aromatic rings. The van der Waals surface area contributed by atoms with Crippen LogP contribution in [0.25, 0.3) is 0 Å². The van der Waals surface area contributed by atoms with Gasteiger partial charge in [-0.2, -0.15) is 0 Å². The van der Waals surface area contributed by atoms with Gasteiger partial charge in [-0.1, -0.05) is 6.08 Å². The Balaban J connectivity index is 3.97. The Morgan fingerprint density at radius 3 is 2.00 bits per heavy atom. The molecule has 0 saturated carbocycles. The SMILES string of the molecule is CC=C(NC)C(=O)NC. The molecule has 9 heavy (non-hydrogen) atoms. The Hall–Kier alpha value is -0.990. The number of carbonyl (C=O) groups excluding carboxylic acids is 1. The molecule has 0 aliphatic carbocycles. The van der Waals surface area contributed by atoms with Crippen molar-refractivity contribution in [3.05, 3.63) is 11.8 Å². The van der Waals surface area contributed by atoms with Crippen molar-refractivity contribution in [2.45, 2.75) is 6.92 Å². The Kier molecular flexibility index (Phi) is 3.51. The zero-order chi connectivity index (χ0) is 7.28. The summed E-state index contributed by atoms with van der Waals surface area (Å²) in [6.07, 6.45) is 1.72. The summed E-state index contributed by atoms with van der Waals surface area (Å²) in [4.78, 5) is 10.7. The van der Waals surface area contributed by atoms with Gasteiger partial charge in [-0.25, -0.2) is 0 Å². The largest absolute Gasteiger partial charge is 0.384 e. The average Bonchev–Trinajstić information content (AvgIpc) is 1.90. The fourth-order valence-corrected chi connectivity index (χ4v) is 0.524. The summed E-state index contributed by atoms with van der Waals surface area (Å²) in [7, 11) is 3.31. The van der Waals surface area contributed by atoms with Gasteiger partial charge in [0.1, 0.15) is 0 Å². The van der Waals surface area contributed by atoms with Crippen LogP contribution in [0.5, 0.6) is 0 Å². The molecule has 3 nitrogen and oxygen atoms in total. The van der Waals surface area contributed by atoms with Gasteiger partial charge in [-0.15, -0.1) is 0 Å². The summed E-state index contributed by atoms with van der Waals surface area (Å²) in [6.45, 7) is 1.81. The van der Waals surface area contributed by atoms with Crippen LogP contribution in [-0.4, -0.2) is 20.0 Å². The molecule has 0 aliphatic rings. The van der Waals surface area contributed by atoms with Crippen molar-refractivity contribution in [2.75, 3.05) is 14.1 Å². The lowest BCUT2D eigenvalue weighted by Gasteiger charge is -2.01. The highest BCUT2D eigenvalue weighted by atomic mass is 16.1. The molecule has 3 heteroatoms. The van der Waals surface area contributed by atoms with Crippen LogP contribution >= 0.6 is 0 Å². The molecular formula is C6H12N2O. The van der Waals surface area contributed by atoms with Gasteiger partial charge in [-0.05, 0) is 6.92 Å². The molecule has 52 valence electrons. The van der Waals surface area contributed by atoms with Crippen molar-refractivity contribution in [2.24, 2.45) is 0 Å². The molecule has 0 aromatic heterocycles. The van der Waals surface area contributed by atoms with E-state index in [1.54, 1.807) is 27.1 Å². The Morgan fingerprint density at radius 2 is 1.89 bits per heavy atom. The summed E-state index contributed by atoms with van der Waals surface area (Å²) >= 11 is 0. The minimum atomic E-state index is -0.0833. The van der Waals surface area contributed by atoms with E-state index in [0.29, 0.717) is 5.70 Å². The van der Waals surface area contributed by atoms with E-state index in [1.807, 2.05) is 0 Å². The van der Waals surface area contributed by atoms with Crippen LogP contribution in [-0.2, 0) is 4.79 Å². The van der Waals surface area contributed by atoms with Crippen LogP contribution in [0.3, 0.4) is 0 Å². The van der Waals surface area contributed by atoms with E-state index < -0.39 is 0 Å². The zero-order valence-electron chi connectivity index (χ0n) is 5.99. The summed E-state index contributed by atoms with van der Waals surface area (Å²) in [5, 5.41) is 5.25. The number of carbonyl (C=O) groups is 1. The maximum absolute atomic E-state index is 10.7. The summed E-state index contributed by atoms with van der Waals surface area (Å²) in [6, 6.07) is 0. The highest BCUT2D eigenvalue weighted by Gasteiger charge is 2.00. The zero-order valence-corrected chi connectivity index (χ0v) is 5.99. The maximum atomic E-state index is 10.7. The number of likely N-dealkylation sites (N-methyl/N-ethyl adjacent to an activating group) is 2. The second-order valence-electron chi connectivity index (χ2n) is 1.53. The first-order valence-electron chi connectivity index (χ1n) is 2.82. The molecule has 0 radical (unpaired) electrons. The van der Waals surface area contributed by atoms with Gasteiger partial charge in [-0.3, -0.25) is 4.79 Å². The average molecular weight is 128 g/mol. The fraction of sp³-hybridized carbons (Fsp3) is 0.500. The first-order chi connectivity index (χ1) is 4.26. The molecule has 0 spiro atoms. The van der Waals surface area contributed by atoms with Crippen LogP contribution < -0.4 is 10.6 Å². The van der Waals surface area contributed by atoms with Gasteiger partial charge in [0.25, 0.3) is 5.91 Å². The third kappa shape index (κ3) is 2.17. The molecule has 0 unspecified atom stereocenters. The molecule has 0 bridgehead atoms. The number of allylic oxidation sites excluding steroid dienone is 1. The van der Waals surface area contributed by atoms with E-state index in [1.165, 1.54) is 0 Å². The van der Waals surface area contributed by atoms with E-state index in [2.05, 4.69) is 10.6 Å². The summed E-state index contributed by atoms with van der Waals surface area (Å²) in [5.74, 6) is -0.0833. The van der Waals surface area contributed by atoms with Crippen molar-refractivity contribution in [1.29, 1.82) is 0 Å². The molecule has 0 fully saturated rings. The second-order valence-corrected chi connectivity index (χ2v) is 1.53. The lowest BCUT2D eigenvalue weighted by atomic mass is 10.4. The van der Waals surface area contributed by atoms with Crippen molar-refractivity contribution in [1.82, 2.24) is 10.6 Å². The van der Waals surface area contributed by atoms with Gasteiger partial charge >= 0.3 is 0 Å². The summed E-state index contributed by atoms with van der Waals surface area (Å²) in [5.41, 5.74) is 0.595. The maximum Gasteiger partial charge on any atom is 0.266 e. The molecular weight excluding hydrogens is 116 g/mol. The first kappa shape index (κ1) is 8.01. The van der Waals surface area contributed by atoms with Gasteiger partial charge < -0.3 is 10.6 Å². The van der Waals surface area contributed by atoms with E-state index in [9.17, 15) is 4.79 Å². The topological polar surface area (TPSA) is 41.1 Å². The Morgan fingerprint density at radius 1 is 1.33 bits per heavy atom. The smallest absolute Gasteiger partial charge is 0.266 e. The lowest BCUT2D eigenvalue weighted by Crippen LogP contribution is -2.26. The number of rotatable bonds is 2. The third-order valence-corrected chi connectivity index (χ3v) is 1.03. The minimum Gasteiger partial charge on any atom is -0.384 e. The van der Waals surface area contributed by atoms with E-state index in [0.717, 1.165) is 0 Å². The highest BCUT2D eigenvalue weighted by Crippen LogP contribution is 1.84. The molecule has 0 rings (SSSR count). The normalized spacial score (nSPS) is 10.8. The van der Waals surface area contributed by atoms with Crippen LogP contribution in [0.4, 0.5) is 0 Å². The Bertz CT molecular complexity index is 129. The quantitative estimate of drug-likeness (QED) is 0.508. The summed E-state index contributed by atoms with van der Waals surface area (Å²) < 4.78 is 0. The first-order valence-corrected chi connectivity index (χ1v) is 2.82. The fourth-order valence-electron chi connectivity index (χ4n) is 0.524. The van der Waals surface area contributed by atoms with Gasteiger partial charge in [0, 0.05) is 14.1 Å². The number of hydrogen-bond acceptors (Lipinski definition) is 2. The third-order valence-electron chi connectivity index (χ3n) is 1.03. The lowest BCUT2D eigenvalue weighted by molar-refractivity contribution is -0.117. The molecule has 1 amide bonds. The van der Waals surface area contributed by atoms with E-state index in [-0.39, 0.29) is 5.91 Å². The molecule has 0 atom stereocenters. The van der Waals surface area contributed by atoms with Crippen molar-refractivity contribution < 1.29 is 4.79 Å². The predicted octanol–water partition coefficient (Wildman–Crippen LogP) is -0.144. The van der Waals surface area contributed by atoms with Crippen LogP contribution in [0.1, 0.15) is 6.92 Å². The molecule has 0 saturated heterocycles. The highest BCUT2D eigenvalue weighted by molar-refractivity contribution is 5.92. The monoisotopic (exact) mass is 128 g/mol. The van der Waals surface area contributed by atoms with Gasteiger partial charge in [0.05, 0.1) is 5.70 Å². The number of amides is 1. The molecule has 2 N–H and O–H groups in total. The number of nitrogens with one attached hydrogen (secondary N) is 2. The standard InChI is InChI=1S/C6H12N2O/c1-4-5(7-2)6(9)8-3/h4,7H,1-3H3,(H,8,9). The van der Waals surface area contributed by atoms with Crippen molar-refractivity contribution in [3.63, 3.8) is 0 Å². The predicted molar refractivity (Wildman–Crippen MR) is 36.9 cm³/mol. The van der Waals surface area contributed by atoms with Crippen molar-refractivity contribution in [3.8, 4) is 0 Å². The molecule has 0 aliphatic heterocycles. The number of hydrogen-bond donors (Lipinski definition) is 2. The van der Waals surface area contributed by atoms with Gasteiger partial charge in [0.15, 0.2) is 0 Å². The van der Waals surface area contributed by atoms with E-state index >= 15 is 0 Å². The Labute approximate surface area is 55.1 Å². The second kappa shape index (κ2) is 3.95. The van der Waals surface area contributed by atoms with Crippen LogP contribution in [0.2, 0.25) is 0 Å². The molecule has 0 heterocycles. The van der Waals surface area contributed by atoms with Gasteiger partial charge in [0.2, 0.25) is 0 Å². The van der Waals surface area contributed by atoms with Crippen LogP contribution in [0.15, 0.2) is 11.8 Å². The van der Waals surface area contributed by atoms with Crippen LogP contribution in [0, 0.1) is 0 Å². The molecule has 0 aromatic carbocycles. The van der Waals surface area contributed by atoms with E-state index in [4.69, 9.17) is 0 Å². The minimum absolute atomic E-state index is 0.0833.